The molecule has 1 aliphatic carbocycles. The molecule has 1 unspecified atom stereocenters. The van der Waals surface area contributed by atoms with Crippen LogP contribution in [0, 0.1) is 0 Å². The fourth-order valence-corrected chi connectivity index (χ4v) is 3.15. The lowest BCUT2D eigenvalue weighted by molar-refractivity contribution is -0.120. The van der Waals surface area contributed by atoms with Gasteiger partial charge in [0.05, 0.1) is 10.9 Å². The first-order valence-electron chi connectivity index (χ1n) is 7.64. The zero-order chi connectivity index (χ0) is 15.3. The van der Waals surface area contributed by atoms with Crippen LogP contribution in [0.4, 0.5) is 0 Å². The number of primary amides is 1. The molecule has 1 aliphatic rings. The molecule has 1 fully saturated rings. The summed E-state index contributed by atoms with van der Waals surface area (Å²) in [5, 5.41) is 0. The van der Waals surface area contributed by atoms with Crippen molar-refractivity contribution in [3.8, 4) is 5.75 Å². The molecule has 1 amide bonds. The van der Waals surface area contributed by atoms with Gasteiger partial charge in [-0.05, 0) is 69.4 Å². The molecule has 0 heterocycles. The topological polar surface area (TPSA) is 147 Å². The zero-order valence-electron chi connectivity index (χ0n) is 14.4. The van der Waals surface area contributed by atoms with E-state index in [1.165, 1.54) is 43.0 Å². The maximum Gasteiger partial charge on any atom is 0.233 e. The molecular weight excluding hydrogens is 330 g/mol. The molecule has 0 aromatic heterocycles. The first-order chi connectivity index (χ1) is 10.0. The Balaban J connectivity index is 0. The number of carbonyl (C=O) groups is 1. The molecule has 1 atom stereocenters. The average Bonchev–Trinajstić information content (AvgIpc) is 2.99. The predicted octanol–water partition coefficient (Wildman–Crippen LogP) is 1.07. The number of hydrogen-bond acceptors (Lipinski definition) is 3. The first kappa shape index (κ1) is 25.0. The standard InChI is InChI=1S/C17H25NO2S.3H2O/c1-17(21-2,16(18)19)12-11-13-7-9-15(10-8-13)20-14-5-3-4-6-14;;;/h7-10,14H,3-6,11-12H2,1-2H3,(H2,18,19);3*1H2. The SMILES string of the molecule is CSC(C)(CCc1ccc(OC2CCCC2)cc1)C(N)=O.O.O.O. The van der Waals surface area contributed by atoms with E-state index in [2.05, 4.69) is 12.1 Å². The zero-order valence-corrected chi connectivity index (χ0v) is 15.2. The highest BCUT2D eigenvalue weighted by molar-refractivity contribution is 8.00. The van der Waals surface area contributed by atoms with Crippen LogP contribution in [0.1, 0.15) is 44.6 Å². The number of carbonyl (C=O) groups excluding carboxylic acids is 1. The molecule has 0 aliphatic heterocycles. The van der Waals surface area contributed by atoms with Crippen LogP contribution in [0.25, 0.3) is 0 Å². The van der Waals surface area contributed by atoms with Crippen molar-refractivity contribution in [3.05, 3.63) is 29.8 Å². The van der Waals surface area contributed by atoms with Gasteiger partial charge < -0.3 is 26.9 Å². The van der Waals surface area contributed by atoms with Crippen molar-refractivity contribution in [1.29, 1.82) is 0 Å². The van der Waals surface area contributed by atoms with Crippen molar-refractivity contribution in [2.24, 2.45) is 5.73 Å². The Hall–Kier alpha value is -1.28. The molecule has 140 valence electrons. The van der Waals surface area contributed by atoms with E-state index >= 15 is 0 Å². The fourth-order valence-electron chi connectivity index (χ4n) is 2.64. The Kier molecular flexibility index (Phi) is 11.8. The van der Waals surface area contributed by atoms with E-state index in [1.807, 2.05) is 25.3 Å². The van der Waals surface area contributed by atoms with Crippen molar-refractivity contribution in [2.45, 2.75) is 56.3 Å². The monoisotopic (exact) mass is 361 g/mol. The predicted molar refractivity (Wildman–Crippen MR) is 99.6 cm³/mol. The molecule has 1 saturated carbocycles. The summed E-state index contributed by atoms with van der Waals surface area (Å²) in [6.45, 7) is 1.91. The number of amides is 1. The van der Waals surface area contributed by atoms with Crippen LogP contribution in [-0.4, -0.2) is 39.4 Å². The maximum absolute atomic E-state index is 11.5. The molecule has 6 nitrogen and oxygen atoms in total. The van der Waals surface area contributed by atoms with E-state index in [9.17, 15) is 4.79 Å². The molecule has 1 aromatic rings. The minimum atomic E-state index is -0.487. The van der Waals surface area contributed by atoms with Crippen LogP contribution in [-0.2, 0) is 11.2 Å². The number of ether oxygens (including phenoxy) is 1. The summed E-state index contributed by atoms with van der Waals surface area (Å²) in [6, 6.07) is 8.25. The van der Waals surface area contributed by atoms with Crippen molar-refractivity contribution in [1.82, 2.24) is 0 Å². The summed E-state index contributed by atoms with van der Waals surface area (Å²) in [6.07, 6.45) is 8.84. The van der Waals surface area contributed by atoms with Gasteiger partial charge in [0.25, 0.3) is 0 Å². The lowest BCUT2D eigenvalue weighted by Gasteiger charge is -2.23. The van der Waals surface area contributed by atoms with Gasteiger partial charge in [-0.15, -0.1) is 11.8 Å². The van der Waals surface area contributed by atoms with Crippen LogP contribution in [0.5, 0.6) is 5.75 Å². The molecule has 1 aromatic carbocycles. The van der Waals surface area contributed by atoms with E-state index in [1.54, 1.807) is 0 Å². The summed E-state index contributed by atoms with van der Waals surface area (Å²) in [7, 11) is 0. The lowest BCUT2D eigenvalue weighted by atomic mass is 9.99. The molecule has 2 rings (SSSR count). The van der Waals surface area contributed by atoms with Gasteiger partial charge in [0.1, 0.15) is 5.75 Å². The van der Waals surface area contributed by atoms with E-state index in [0.29, 0.717) is 6.10 Å². The molecule has 0 radical (unpaired) electrons. The normalized spacial score (nSPS) is 16.1. The van der Waals surface area contributed by atoms with E-state index in [-0.39, 0.29) is 22.3 Å². The largest absolute Gasteiger partial charge is 0.490 e. The molecule has 8 N–H and O–H groups in total. The van der Waals surface area contributed by atoms with Crippen molar-refractivity contribution in [2.75, 3.05) is 6.26 Å². The van der Waals surface area contributed by atoms with Crippen LogP contribution in [0.15, 0.2) is 24.3 Å². The number of hydrogen-bond donors (Lipinski definition) is 1. The number of nitrogens with two attached hydrogens (primary N) is 1. The fraction of sp³-hybridized carbons (Fsp3) is 0.588. The minimum Gasteiger partial charge on any atom is -0.490 e. The molecule has 0 saturated heterocycles. The van der Waals surface area contributed by atoms with Gasteiger partial charge >= 0.3 is 0 Å². The second kappa shape index (κ2) is 11.3. The van der Waals surface area contributed by atoms with E-state index in [4.69, 9.17) is 10.5 Å². The number of aryl methyl sites for hydroxylation is 1. The summed E-state index contributed by atoms with van der Waals surface area (Å²) in [4.78, 5) is 11.5. The highest BCUT2D eigenvalue weighted by Crippen LogP contribution is 2.28. The second-order valence-corrected chi connectivity index (χ2v) is 7.28. The Morgan fingerprint density at radius 3 is 2.21 bits per heavy atom. The third kappa shape index (κ3) is 6.68. The molecule has 24 heavy (non-hydrogen) atoms. The van der Waals surface area contributed by atoms with Crippen molar-refractivity contribution in [3.63, 3.8) is 0 Å². The highest BCUT2D eigenvalue weighted by atomic mass is 32.2. The lowest BCUT2D eigenvalue weighted by Crippen LogP contribution is -2.38. The third-order valence-electron chi connectivity index (χ3n) is 4.39. The van der Waals surface area contributed by atoms with Crippen LogP contribution in [0.2, 0.25) is 0 Å². The quantitative estimate of drug-likeness (QED) is 0.774. The molecule has 0 bridgehead atoms. The van der Waals surface area contributed by atoms with Crippen LogP contribution < -0.4 is 10.5 Å². The number of thioether (sulfide) groups is 1. The van der Waals surface area contributed by atoms with Gasteiger partial charge in [0.15, 0.2) is 0 Å². The summed E-state index contributed by atoms with van der Waals surface area (Å²) in [5.41, 5.74) is 6.70. The van der Waals surface area contributed by atoms with E-state index < -0.39 is 4.75 Å². The van der Waals surface area contributed by atoms with E-state index in [0.717, 1.165) is 18.6 Å². The first-order valence-corrected chi connectivity index (χ1v) is 8.86. The Morgan fingerprint density at radius 1 is 1.21 bits per heavy atom. The van der Waals surface area contributed by atoms with Crippen molar-refractivity contribution < 1.29 is 26.0 Å². The Labute approximate surface area is 148 Å². The van der Waals surface area contributed by atoms with Crippen LogP contribution in [0.3, 0.4) is 0 Å². The number of rotatable bonds is 7. The highest BCUT2D eigenvalue weighted by Gasteiger charge is 2.29. The third-order valence-corrected chi connectivity index (χ3v) is 5.70. The molecular formula is C17H31NO5S. The van der Waals surface area contributed by atoms with Gasteiger partial charge in [-0.25, -0.2) is 0 Å². The van der Waals surface area contributed by atoms with Crippen molar-refractivity contribution >= 4 is 17.7 Å². The summed E-state index contributed by atoms with van der Waals surface area (Å²) < 4.78 is 5.47. The number of benzene rings is 1. The smallest absolute Gasteiger partial charge is 0.233 e. The summed E-state index contributed by atoms with van der Waals surface area (Å²) >= 11 is 1.52. The van der Waals surface area contributed by atoms with Gasteiger partial charge in [-0.1, -0.05) is 12.1 Å². The molecule has 0 spiro atoms. The maximum atomic E-state index is 11.5. The van der Waals surface area contributed by atoms with Gasteiger partial charge in [0, 0.05) is 0 Å². The van der Waals surface area contributed by atoms with Gasteiger partial charge in [0.2, 0.25) is 5.91 Å². The average molecular weight is 362 g/mol. The van der Waals surface area contributed by atoms with Gasteiger partial charge in [-0.2, -0.15) is 0 Å². The Bertz CT molecular complexity index is 476. The Morgan fingerprint density at radius 2 is 1.75 bits per heavy atom. The molecule has 7 heteroatoms. The summed E-state index contributed by atoms with van der Waals surface area (Å²) in [5.74, 6) is 0.712. The minimum absolute atomic E-state index is 0. The van der Waals surface area contributed by atoms with Gasteiger partial charge in [-0.3, -0.25) is 4.79 Å². The second-order valence-electron chi connectivity index (χ2n) is 5.97. The van der Waals surface area contributed by atoms with Crippen LogP contribution >= 0.6 is 11.8 Å².